The number of carbonyl (C=O) groups is 1. The average molecular weight is 328 g/mol. The van der Waals surface area contributed by atoms with Gasteiger partial charge in [-0.2, -0.15) is 0 Å². The lowest BCUT2D eigenvalue weighted by molar-refractivity contribution is 0.0945. The second kappa shape index (κ2) is 6.54. The van der Waals surface area contributed by atoms with E-state index in [-0.39, 0.29) is 5.78 Å². The van der Waals surface area contributed by atoms with E-state index in [0.717, 1.165) is 23.0 Å². The van der Waals surface area contributed by atoms with Gasteiger partial charge in [-0.15, -0.1) is 0 Å². The summed E-state index contributed by atoms with van der Waals surface area (Å²) in [7, 11) is 1.99. The Bertz CT molecular complexity index is 1050. The number of carbonyl (C=O) groups excluding carboxylic acids is 1. The van der Waals surface area contributed by atoms with E-state index in [0.29, 0.717) is 6.54 Å². The van der Waals surface area contributed by atoms with Crippen LogP contribution in [0.25, 0.3) is 21.7 Å². The molecule has 0 radical (unpaired) electrons. The maximum atomic E-state index is 12.7. The molecule has 0 fully saturated rings. The Hall–Kier alpha value is -2.91. The van der Waals surface area contributed by atoms with E-state index in [4.69, 9.17) is 0 Å². The molecule has 1 heterocycles. The minimum absolute atomic E-state index is 0.140. The molecule has 1 aromatic heterocycles. The fraction of sp³-hybridized carbons (Fsp3) is 0.136. The summed E-state index contributed by atoms with van der Waals surface area (Å²) in [6.45, 7) is 1.15. The summed E-state index contributed by atoms with van der Waals surface area (Å²) in [5, 5.41) is 3.46. The van der Waals surface area contributed by atoms with E-state index in [1.165, 1.54) is 16.3 Å². The molecule has 0 spiro atoms. The fourth-order valence-electron chi connectivity index (χ4n) is 3.34. The zero-order valence-corrected chi connectivity index (χ0v) is 14.2. The minimum atomic E-state index is 0.140. The summed E-state index contributed by atoms with van der Waals surface area (Å²) in [5.74, 6) is 0.140. The Balaban J connectivity index is 1.49. The lowest BCUT2D eigenvalue weighted by Gasteiger charge is -2.16. The maximum Gasteiger partial charge on any atom is 0.178 e. The summed E-state index contributed by atoms with van der Waals surface area (Å²) in [5.41, 5.74) is 2.98. The highest BCUT2D eigenvalue weighted by Crippen LogP contribution is 2.19. The van der Waals surface area contributed by atoms with Crippen molar-refractivity contribution in [3.63, 3.8) is 0 Å². The molecule has 4 aromatic rings. The van der Waals surface area contributed by atoms with Crippen LogP contribution in [0.2, 0.25) is 0 Å². The van der Waals surface area contributed by atoms with Gasteiger partial charge in [0.1, 0.15) is 0 Å². The standard InChI is InChI=1S/C22H20N2O/c1-24(14-16-10-11-17-6-2-3-7-18(17)12-16)15-22(25)20-13-23-21-9-5-4-8-19(20)21/h2-13,23H,14-15H2,1H3. The molecule has 0 aliphatic rings. The fourth-order valence-corrected chi connectivity index (χ4v) is 3.34. The number of aromatic nitrogens is 1. The Labute approximate surface area is 146 Å². The van der Waals surface area contributed by atoms with E-state index in [2.05, 4.69) is 46.3 Å². The topological polar surface area (TPSA) is 36.1 Å². The number of H-pyrrole nitrogens is 1. The molecule has 0 bridgehead atoms. The first kappa shape index (κ1) is 15.6. The summed E-state index contributed by atoms with van der Waals surface area (Å²) in [6, 6.07) is 22.7. The smallest absolute Gasteiger partial charge is 0.178 e. The predicted molar refractivity (Wildman–Crippen MR) is 103 cm³/mol. The Kier molecular flexibility index (Phi) is 4.08. The summed E-state index contributed by atoms with van der Waals surface area (Å²) < 4.78 is 0. The molecule has 3 aromatic carbocycles. The number of Topliss-reactive ketones (excluding diaryl/α,β-unsaturated/α-hetero) is 1. The molecule has 3 heteroatoms. The molecular formula is C22H20N2O. The van der Waals surface area contributed by atoms with E-state index >= 15 is 0 Å². The highest BCUT2D eigenvalue weighted by Gasteiger charge is 2.14. The summed E-state index contributed by atoms with van der Waals surface area (Å²) >= 11 is 0. The molecule has 124 valence electrons. The molecule has 0 aliphatic carbocycles. The van der Waals surface area contributed by atoms with Gasteiger partial charge in [0, 0.05) is 29.2 Å². The molecule has 0 aliphatic heterocycles. The first-order valence-corrected chi connectivity index (χ1v) is 8.46. The van der Waals surface area contributed by atoms with Crippen LogP contribution in [-0.4, -0.2) is 29.3 Å². The predicted octanol–water partition coefficient (Wildman–Crippen LogP) is 4.64. The number of aromatic amines is 1. The van der Waals surface area contributed by atoms with Gasteiger partial charge in [0.05, 0.1) is 6.54 Å². The van der Waals surface area contributed by atoms with Gasteiger partial charge in [0.15, 0.2) is 5.78 Å². The van der Waals surface area contributed by atoms with Crippen LogP contribution in [0, 0.1) is 0 Å². The molecule has 0 saturated carbocycles. The van der Waals surface area contributed by atoms with E-state index in [1.807, 2.05) is 43.6 Å². The van der Waals surface area contributed by atoms with Crippen LogP contribution in [0.1, 0.15) is 15.9 Å². The second-order valence-corrected chi connectivity index (χ2v) is 6.52. The molecule has 1 N–H and O–H groups in total. The van der Waals surface area contributed by atoms with Crippen molar-refractivity contribution in [3.05, 3.63) is 84.1 Å². The van der Waals surface area contributed by atoms with Gasteiger partial charge in [0.25, 0.3) is 0 Å². The molecule has 0 saturated heterocycles. The lowest BCUT2D eigenvalue weighted by atomic mass is 10.1. The van der Waals surface area contributed by atoms with Crippen molar-refractivity contribution in [1.82, 2.24) is 9.88 Å². The summed E-state index contributed by atoms with van der Waals surface area (Å²) in [6.07, 6.45) is 1.82. The number of fused-ring (bicyclic) bond motifs is 2. The number of nitrogens with zero attached hydrogens (tertiary/aromatic N) is 1. The highest BCUT2D eigenvalue weighted by atomic mass is 16.1. The zero-order valence-electron chi connectivity index (χ0n) is 14.2. The largest absolute Gasteiger partial charge is 0.360 e. The van der Waals surface area contributed by atoms with Gasteiger partial charge in [-0.25, -0.2) is 0 Å². The third kappa shape index (κ3) is 3.19. The molecular weight excluding hydrogens is 308 g/mol. The third-order valence-electron chi connectivity index (χ3n) is 4.57. The van der Waals surface area contributed by atoms with Gasteiger partial charge >= 0.3 is 0 Å². The van der Waals surface area contributed by atoms with Crippen molar-refractivity contribution in [2.75, 3.05) is 13.6 Å². The number of benzene rings is 3. The minimum Gasteiger partial charge on any atom is -0.360 e. The number of likely N-dealkylation sites (N-methyl/N-ethyl adjacent to an activating group) is 1. The third-order valence-corrected chi connectivity index (χ3v) is 4.57. The average Bonchev–Trinajstić information content (AvgIpc) is 3.05. The zero-order chi connectivity index (χ0) is 17.2. The van der Waals surface area contributed by atoms with Crippen LogP contribution >= 0.6 is 0 Å². The number of para-hydroxylation sites is 1. The molecule has 0 amide bonds. The molecule has 0 atom stereocenters. The van der Waals surface area contributed by atoms with Crippen LogP contribution in [0.5, 0.6) is 0 Å². The van der Waals surface area contributed by atoms with Gasteiger partial charge < -0.3 is 4.98 Å². The van der Waals surface area contributed by atoms with E-state index in [1.54, 1.807) is 0 Å². The number of ketones is 1. The van der Waals surface area contributed by atoms with Crippen molar-refractivity contribution in [2.45, 2.75) is 6.54 Å². The molecule has 3 nitrogen and oxygen atoms in total. The number of hydrogen-bond donors (Lipinski definition) is 1. The molecule has 4 rings (SSSR count). The quantitative estimate of drug-likeness (QED) is 0.542. The monoisotopic (exact) mass is 328 g/mol. The maximum absolute atomic E-state index is 12.7. The van der Waals surface area contributed by atoms with Crippen LogP contribution < -0.4 is 0 Å². The number of rotatable bonds is 5. The van der Waals surface area contributed by atoms with Crippen molar-refractivity contribution in [2.24, 2.45) is 0 Å². The van der Waals surface area contributed by atoms with Crippen LogP contribution in [0.15, 0.2) is 72.9 Å². The molecule has 0 unspecified atom stereocenters. The number of nitrogens with one attached hydrogen (secondary N) is 1. The Morgan fingerprint density at radius 2 is 1.72 bits per heavy atom. The van der Waals surface area contributed by atoms with E-state index < -0.39 is 0 Å². The second-order valence-electron chi connectivity index (χ2n) is 6.52. The van der Waals surface area contributed by atoms with E-state index in [9.17, 15) is 4.79 Å². The normalized spacial score (nSPS) is 11.4. The highest BCUT2D eigenvalue weighted by molar-refractivity contribution is 6.08. The lowest BCUT2D eigenvalue weighted by Crippen LogP contribution is -2.25. The van der Waals surface area contributed by atoms with Crippen molar-refractivity contribution < 1.29 is 4.79 Å². The van der Waals surface area contributed by atoms with Gasteiger partial charge in [-0.3, -0.25) is 9.69 Å². The van der Waals surface area contributed by atoms with Crippen LogP contribution in [-0.2, 0) is 6.54 Å². The Morgan fingerprint density at radius 1 is 0.960 bits per heavy atom. The van der Waals surface area contributed by atoms with Gasteiger partial charge in [-0.1, -0.05) is 54.6 Å². The number of hydrogen-bond acceptors (Lipinski definition) is 2. The Morgan fingerprint density at radius 3 is 2.60 bits per heavy atom. The van der Waals surface area contributed by atoms with Crippen LogP contribution in [0.4, 0.5) is 0 Å². The summed E-state index contributed by atoms with van der Waals surface area (Å²) in [4.78, 5) is 17.9. The van der Waals surface area contributed by atoms with Crippen LogP contribution in [0.3, 0.4) is 0 Å². The SMILES string of the molecule is CN(CC(=O)c1c[nH]c2ccccc12)Cc1ccc2ccccc2c1. The molecule has 25 heavy (non-hydrogen) atoms. The van der Waals surface area contributed by atoms with Crippen molar-refractivity contribution in [3.8, 4) is 0 Å². The van der Waals surface area contributed by atoms with Crippen molar-refractivity contribution in [1.29, 1.82) is 0 Å². The first-order valence-electron chi connectivity index (χ1n) is 8.46. The van der Waals surface area contributed by atoms with Gasteiger partial charge in [0.2, 0.25) is 0 Å². The van der Waals surface area contributed by atoms with Crippen molar-refractivity contribution >= 4 is 27.5 Å². The first-order chi connectivity index (χ1) is 12.2. The van der Waals surface area contributed by atoms with Gasteiger partial charge in [-0.05, 0) is 35.5 Å².